The predicted octanol–water partition coefficient (Wildman–Crippen LogP) is 2.65. The van der Waals surface area contributed by atoms with Crippen molar-refractivity contribution in [3.8, 4) is 5.75 Å². The number of thioether (sulfide) groups is 1. The number of carbonyl (C=O) groups is 1. The molecule has 0 heterocycles. The quantitative estimate of drug-likeness (QED) is 0.589. The molecule has 1 unspecified atom stereocenters. The van der Waals surface area contributed by atoms with Crippen LogP contribution in [0.2, 0.25) is 0 Å². The van der Waals surface area contributed by atoms with Gasteiger partial charge in [-0.25, -0.2) is 9.18 Å². The molecule has 0 aliphatic rings. The predicted molar refractivity (Wildman–Crippen MR) is 60.4 cm³/mol. The van der Waals surface area contributed by atoms with Crippen molar-refractivity contribution in [1.82, 2.24) is 0 Å². The second kappa shape index (κ2) is 6.37. The van der Waals surface area contributed by atoms with Gasteiger partial charge in [0, 0.05) is 0 Å². The molecule has 1 atom stereocenters. The summed E-state index contributed by atoms with van der Waals surface area (Å²) in [6, 6.07) is 6.93. The van der Waals surface area contributed by atoms with E-state index < -0.39 is 11.5 Å². The normalized spacial score (nSPS) is 11.9. The highest BCUT2D eigenvalue weighted by Crippen LogP contribution is 2.32. The standard InChI is InChI=1S/C11H13FO3S/c1-3-15-11(13)10(12)16-9-7-5-4-6-8(9)14-2/h4-7,10H,3H2,1-2H3. The SMILES string of the molecule is CCOC(=O)C(F)Sc1ccccc1OC. The van der Waals surface area contributed by atoms with Crippen LogP contribution in [-0.4, -0.2) is 25.2 Å². The number of halogens is 1. The molecule has 0 fully saturated rings. The minimum atomic E-state index is -1.73. The third-order valence-corrected chi connectivity index (χ3v) is 2.76. The van der Waals surface area contributed by atoms with Crippen molar-refractivity contribution in [2.75, 3.05) is 13.7 Å². The van der Waals surface area contributed by atoms with E-state index in [0.717, 1.165) is 11.8 Å². The third kappa shape index (κ3) is 3.41. The highest BCUT2D eigenvalue weighted by molar-refractivity contribution is 8.00. The van der Waals surface area contributed by atoms with Gasteiger partial charge in [0.2, 0.25) is 5.50 Å². The van der Waals surface area contributed by atoms with Gasteiger partial charge in [0.15, 0.2) is 0 Å². The minimum Gasteiger partial charge on any atom is -0.496 e. The van der Waals surface area contributed by atoms with E-state index in [4.69, 9.17) is 4.74 Å². The van der Waals surface area contributed by atoms with E-state index in [1.54, 1.807) is 31.2 Å². The van der Waals surface area contributed by atoms with Gasteiger partial charge in [-0.1, -0.05) is 23.9 Å². The molecule has 16 heavy (non-hydrogen) atoms. The van der Waals surface area contributed by atoms with Gasteiger partial charge < -0.3 is 9.47 Å². The van der Waals surface area contributed by atoms with Gasteiger partial charge in [0.25, 0.3) is 0 Å². The van der Waals surface area contributed by atoms with Gasteiger partial charge in [-0.2, -0.15) is 0 Å². The van der Waals surface area contributed by atoms with E-state index in [2.05, 4.69) is 4.74 Å². The van der Waals surface area contributed by atoms with Crippen LogP contribution in [-0.2, 0) is 9.53 Å². The molecule has 0 bridgehead atoms. The molecular weight excluding hydrogens is 231 g/mol. The zero-order valence-electron chi connectivity index (χ0n) is 9.10. The number of carbonyl (C=O) groups excluding carboxylic acids is 1. The van der Waals surface area contributed by atoms with Crippen molar-refractivity contribution in [2.24, 2.45) is 0 Å². The fraction of sp³-hybridized carbons (Fsp3) is 0.364. The smallest absolute Gasteiger partial charge is 0.351 e. The second-order valence-electron chi connectivity index (χ2n) is 2.84. The maximum atomic E-state index is 13.4. The maximum Gasteiger partial charge on any atom is 0.351 e. The van der Waals surface area contributed by atoms with Crippen LogP contribution in [0.15, 0.2) is 29.2 Å². The number of alkyl halides is 1. The van der Waals surface area contributed by atoms with Crippen LogP contribution in [0.4, 0.5) is 4.39 Å². The Hall–Kier alpha value is -1.23. The molecule has 0 saturated heterocycles. The van der Waals surface area contributed by atoms with Gasteiger partial charge in [-0.3, -0.25) is 0 Å². The van der Waals surface area contributed by atoms with Crippen molar-refractivity contribution >= 4 is 17.7 Å². The lowest BCUT2D eigenvalue weighted by Crippen LogP contribution is -2.15. The van der Waals surface area contributed by atoms with Crippen molar-refractivity contribution < 1.29 is 18.7 Å². The molecule has 1 aromatic carbocycles. The van der Waals surface area contributed by atoms with E-state index in [0.29, 0.717) is 10.6 Å². The van der Waals surface area contributed by atoms with Crippen LogP contribution in [0.25, 0.3) is 0 Å². The lowest BCUT2D eigenvalue weighted by molar-refractivity contribution is -0.145. The van der Waals surface area contributed by atoms with E-state index in [1.165, 1.54) is 7.11 Å². The molecule has 0 spiro atoms. The summed E-state index contributed by atoms with van der Waals surface area (Å²) >= 11 is 0.777. The van der Waals surface area contributed by atoms with Crippen LogP contribution in [0.1, 0.15) is 6.92 Å². The molecule has 88 valence electrons. The Morgan fingerprint density at radius 3 is 2.81 bits per heavy atom. The van der Waals surface area contributed by atoms with E-state index in [-0.39, 0.29) is 6.61 Å². The number of methoxy groups -OCH3 is 1. The molecule has 1 rings (SSSR count). The molecule has 0 saturated carbocycles. The van der Waals surface area contributed by atoms with Crippen LogP contribution in [0.5, 0.6) is 5.75 Å². The van der Waals surface area contributed by atoms with E-state index in [9.17, 15) is 9.18 Å². The molecule has 0 amide bonds. The zero-order chi connectivity index (χ0) is 12.0. The fourth-order valence-electron chi connectivity index (χ4n) is 1.08. The summed E-state index contributed by atoms with van der Waals surface area (Å²) in [6.45, 7) is 1.81. The minimum absolute atomic E-state index is 0.172. The number of para-hydroxylation sites is 1. The number of hydrogen-bond acceptors (Lipinski definition) is 4. The summed E-state index contributed by atoms with van der Waals surface area (Å²) in [5.41, 5.74) is -1.73. The highest BCUT2D eigenvalue weighted by atomic mass is 32.2. The second-order valence-corrected chi connectivity index (χ2v) is 3.93. The Morgan fingerprint density at radius 2 is 2.19 bits per heavy atom. The lowest BCUT2D eigenvalue weighted by Gasteiger charge is -2.10. The number of hydrogen-bond donors (Lipinski definition) is 0. The van der Waals surface area contributed by atoms with Gasteiger partial charge in [-0.15, -0.1) is 0 Å². The number of ether oxygens (including phenoxy) is 2. The first-order valence-corrected chi connectivity index (χ1v) is 5.67. The summed E-state index contributed by atoms with van der Waals surface area (Å²) in [6.07, 6.45) is 0. The van der Waals surface area contributed by atoms with Gasteiger partial charge in [0.1, 0.15) is 5.75 Å². The number of benzene rings is 1. The molecule has 0 aromatic heterocycles. The van der Waals surface area contributed by atoms with Crippen LogP contribution < -0.4 is 4.74 Å². The topological polar surface area (TPSA) is 35.5 Å². The molecule has 0 aliphatic heterocycles. The summed E-state index contributed by atoms with van der Waals surface area (Å²) in [5, 5.41) is 0. The Morgan fingerprint density at radius 1 is 1.50 bits per heavy atom. The zero-order valence-corrected chi connectivity index (χ0v) is 9.92. The molecule has 1 aromatic rings. The lowest BCUT2D eigenvalue weighted by atomic mass is 10.3. The third-order valence-electron chi connectivity index (χ3n) is 1.77. The van der Waals surface area contributed by atoms with E-state index >= 15 is 0 Å². The molecular formula is C11H13FO3S. The van der Waals surface area contributed by atoms with Crippen LogP contribution in [0, 0.1) is 0 Å². The first-order chi connectivity index (χ1) is 7.69. The molecule has 3 nitrogen and oxygen atoms in total. The Kier molecular flexibility index (Phi) is 5.11. The fourth-order valence-corrected chi connectivity index (χ4v) is 1.90. The molecule has 0 aliphatic carbocycles. The summed E-state index contributed by atoms with van der Waals surface area (Å²) in [5.74, 6) is -0.321. The highest BCUT2D eigenvalue weighted by Gasteiger charge is 2.21. The van der Waals surface area contributed by atoms with Gasteiger partial charge in [0.05, 0.1) is 18.6 Å². The van der Waals surface area contributed by atoms with Crippen molar-refractivity contribution in [2.45, 2.75) is 17.3 Å². The first-order valence-electron chi connectivity index (χ1n) is 4.79. The average molecular weight is 244 g/mol. The Bertz CT molecular complexity index is 357. The monoisotopic (exact) mass is 244 g/mol. The Balaban J connectivity index is 2.68. The first kappa shape index (κ1) is 12.8. The van der Waals surface area contributed by atoms with Crippen molar-refractivity contribution in [1.29, 1.82) is 0 Å². The van der Waals surface area contributed by atoms with E-state index in [1.807, 2.05) is 0 Å². The largest absolute Gasteiger partial charge is 0.496 e. The Labute approximate surface area is 97.9 Å². The summed E-state index contributed by atoms with van der Waals surface area (Å²) in [7, 11) is 1.50. The van der Waals surface area contributed by atoms with Crippen LogP contribution in [0.3, 0.4) is 0 Å². The van der Waals surface area contributed by atoms with Crippen molar-refractivity contribution in [3.63, 3.8) is 0 Å². The number of esters is 1. The summed E-state index contributed by atoms with van der Waals surface area (Å²) in [4.78, 5) is 11.7. The maximum absolute atomic E-state index is 13.4. The molecule has 5 heteroatoms. The van der Waals surface area contributed by atoms with Crippen LogP contribution >= 0.6 is 11.8 Å². The molecule has 0 radical (unpaired) electrons. The van der Waals surface area contributed by atoms with Gasteiger partial charge >= 0.3 is 5.97 Å². The average Bonchev–Trinajstić information content (AvgIpc) is 2.30. The molecule has 0 N–H and O–H groups in total. The van der Waals surface area contributed by atoms with Crippen molar-refractivity contribution in [3.05, 3.63) is 24.3 Å². The number of rotatable bonds is 5. The van der Waals surface area contributed by atoms with Gasteiger partial charge in [-0.05, 0) is 19.1 Å². The summed E-state index contributed by atoms with van der Waals surface area (Å²) < 4.78 is 23.0.